The van der Waals surface area contributed by atoms with Gasteiger partial charge in [0.1, 0.15) is 5.82 Å². The fraction of sp³-hybridized carbons (Fsp3) is 0.435. The molecule has 142 valence electrons. The molecule has 0 radical (unpaired) electrons. The van der Waals surface area contributed by atoms with Crippen molar-refractivity contribution in [3.05, 3.63) is 71.5 Å². The van der Waals surface area contributed by atoms with Gasteiger partial charge in [0.25, 0.3) is 0 Å². The number of amides is 1. The van der Waals surface area contributed by atoms with Crippen molar-refractivity contribution in [1.82, 2.24) is 4.90 Å². The first kappa shape index (κ1) is 18.2. The number of piperidine rings is 1. The Labute approximate surface area is 160 Å². The van der Waals surface area contributed by atoms with Gasteiger partial charge in [0.2, 0.25) is 5.91 Å². The van der Waals surface area contributed by atoms with Crippen LogP contribution in [0.3, 0.4) is 0 Å². The molecule has 2 aliphatic rings. The van der Waals surface area contributed by atoms with Crippen molar-refractivity contribution in [2.75, 3.05) is 13.1 Å². The number of hydrogen-bond acceptors (Lipinski definition) is 2. The molecule has 1 amide bonds. The average Bonchev–Trinajstić information content (AvgIpc) is 3.54. The maximum absolute atomic E-state index is 13.1. The van der Waals surface area contributed by atoms with E-state index in [0.717, 1.165) is 49.9 Å². The molecule has 0 spiro atoms. The summed E-state index contributed by atoms with van der Waals surface area (Å²) in [6.45, 7) is 2.00. The molecule has 1 heterocycles. The molecule has 0 N–H and O–H groups in total. The Balaban J connectivity index is 1.30. The van der Waals surface area contributed by atoms with E-state index in [9.17, 15) is 9.18 Å². The van der Waals surface area contributed by atoms with E-state index in [0.29, 0.717) is 12.5 Å². The third-order valence-electron chi connectivity index (χ3n) is 5.67. The van der Waals surface area contributed by atoms with E-state index in [1.54, 1.807) is 12.1 Å². The van der Waals surface area contributed by atoms with Crippen molar-refractivity contribution in [3.8, 4) is 0 Å². The van der Waals surface area contributed by atoms with Crippen LogP contribution in [0.2, 0.25) is 0 Å². The van der Waals surface area contributed by atoms with Gasteiger partial charge in [-0.05, 0) is 54.9 Å². The Hall–Kier alpha value is -2.20. The van der Waals surface area contributed by atoms with Crippen molar-refractivity contribution in [3.63, 3.8) is 0 Å². The minimum atomic E-state index is -0.228. The van der Waals surface area contributed by atoms with Crippen molar-refractivity contribution in [2.24, 2.45) is 5.92 Å². The lowest BCUT2D eigenvalue weighted by Gasteiger charge is -2.34. The molecule has 2 aromatic carbocycles. The summed E-state index contributed by atoms with van der Waals surface area (Å²) in [4.78, 5) is 15.2. The van der Waals surface area contributed by atoms with Gasteiger partial charge < -0.3 is 9.64 Å². The lowest BCUT2D eigenvalue weighted by molar-refractivity contribution is -0.136. The summed E-state index contributed by atoms with van der Waals surface area (Å²) in [5.74, 6) is 0.574. The van der Waals surface area contributed by atoms with Crippen LogP contribution in [-0.4, -0.2) is 30.0 Å². The van der Waals surface area contributed by atoms with Crippen LogP contribution in [0, 0.1) is 11.7 Å². The van der Waals surface area contributed by atoms with E-state index in [-0.39, 0.29) is 23.7 Å². The number of carbonyl (C=O) groups is 1. The summed E-state index contributed by atoms with van der Waals surface area (Å²) in [5, 5.41) is 0. The third kappa shape index (κ3) is 4.56. The molecular weight excluding hydrogens is 341 g/mol. The summed E-state index contributed by atoms with van der Waals surface area (Å²) >= 11 is 0. The van der Waals surface area contributed by atoms with Crippen LogP contribution in [0.1, 0.15) is 42.7 Å². The number of halogens is 1. The Kier molecular flexibility index (Phi) is 5.53. The van der Waals surface area contributed by atoms with Crippen LogP contribution in [0.15, 0.2) is 54.6 Å². The molecule has 1 atom stereocenters. The molecule has 1 saturated heterocycles. The van der Waals surface area contributed by atoms with Crippen LogP contribution in [0.4, 0.5) is 4.39 Å². The molecule has 27 heavy (non-hydrogen) atoms. The monoisotopic (exact) mass is 367 g/mol. The normalized spacial score (nSPS) is 19.1. The van der Waals surface area contributed by atoms with Crippen molar-refractivity contribution < 1.29 is 13.9 Å². The van der Waals surface area contributed by atoms with E-state index >= 15 is 0 Å². The second kappa shape index (κ2) is 8.22. The first-order valence-electron chi connectivity index (χ1n) is 9.90. The van der Waals surface area contributed by atoms with Gasteiger partial charge in [-0.1, -0.05) is 42.5 Å². The van der Waals surface area contributed by atoms with Gasteiger partial charge >= 0.3 is 0 Å². The van der Waals surface area contributed by atoms with Crippen LogP contribution in [-0.2, 0) is 16.1 Å². The summed E-state index contributed by atoms with van der Waals surface area (Å²) in [5.41, 5.74) is 2.13. The Morgan fingerprint density at radius 1 is 1.00 bits per heavy atom. The van der Waals surface area contributed by atoms with E-state index in [4.69, 9.17) is 4.74 Å². The number of likely N-dealkylation sites (tertiary alicyclic amines) is 1. The van der Waals surface area contributed by atoms with Gasteiger partial charge in [0, 0.05) is 13.1 Å². The minimum Gasteiger partial charge on any atom is -0.373 e. The quantitative estimate of drug-likeness (QED) is 0.751. The molecular formula is C23H26FNO2. The molecule has 3 nitrogen and oxygen atoms in total. The Morgan fingerprint density at radius 3 is 2.30 bits per heavy atom. The first-order chi connectivity index (χ1) is 13.2. The van der Waals surface area contributed by atoms with Gasteiger partial charge in [-0.3, -0.25) is 4.79 Å². The summed E-state index contributed by atoms with van der Waals surface area (Å²) < 4.78 is 19.0. The predicted octanol–water partition coefficient (Wildman–Crippen LogP) is 4.53. The van der Waals surface area contributed by atoms with Crippen molar-refractivity contribution >= 4 is 5.91 Å². The second-order valence-electron chi connectivity index (χ2n) is 7.69. The van der Waals surface area contributed by atoms with Gasteiger partial charge in [-0.15, -0.1) is 0 Å². The molecule has 0 aromatic heterocycles. The highest BCUT2D eigenvalue weighted by molar-refractivity contribution is 5.84. The van der Waals surface area contributed by atoms with Gasteiger partial charge in [0.05, 0.1) is 18.6 Å². The van der Waals surface area contributed by atoms with E-state index in [1.165, 1.54) is 12.1 Å². The number of ether oxygens (including phenoxy) is 1. The zero-order valence-corrected chi connectivity index (χ0v) is 15.5. The molecule has 2 aromatic rings. The largest absolute Gasteiger partial charge is 0.373 e. The highest BCUT2D eigenvalue weighted by Crippen LogP contribution is 2.43. The SMILES string of the molecule is O=C(C(c1ccccc1)C1CC1)N1CCC(OCc2ccc(F)cc2)CC1. The standard InChI is InChI=1S/C23H26FNO2/c24-20-10-6-17(7-11-20)16-27-21-12-14-25(15-13-21)23(26)22(19-8-9-19)18-4-2-1-3-5-18/h1-7,10-11,19,21-22H,8-9,12-16H2. The third-order valence-corrected chi connectivity index (χ3v) is 5.67. The molecule has 2 fully saturated rings. The molecule has 1 unspecified atom stereocenters. The number of carbonyl (C=O) groups excluding carboxylic acids is 1. The van der Waals surface area contributed by atoms with Crippen LogP contribution < -0.4 is 0 Å². The number of benzene rings is 2. The van der Waals surface area contributed by atoms with Crippen LogP contribution in [0.5, 0.6) is 0 Å². The molecule has 4 heteroatoms. The second-order valence-corrected chi connectivity index (χ2v) is 7.69. The van der Waals surface area contributed by atoms with Gasteiger partial charge in [-0.2, -0.15) is 0 Å². The maximum atomic E-state index is 13.1. The van der Waals surface area contributed by atoms with Gasteiger partial charge in [-0.25, -0.2) is 4.39 Å². The van der Waals surface area contributed by atoms with E-state index in [1.807, 2.05) is 23.1 Å². The van der Waals surface area contributed by atoms with Gasteiger partial charge in [0.15, 0.2) is 0 Å². The number of hydrogen-bond donors (Lipinski definition) is 0. The van der Waals surface area contributed by atoms with E-state index in [2.05, 4.69) is 12.1 Å². The summed E-state index contributed by atoms with van der Waals surface area (Å²) in [6, 6.07) is 16.6. The number of nitrogens with zero attached hydrogens (tertiary/aromatic N) is 1. The van der Waals surface area contributed by atoms with Crippen LogP contribution >= 0.6 is 0 Å². The molecule has 1 saturated carbocycles. The highest BCUT2D eigenvalue weighted by atomic mass is 19.1. The summed E-state index contributed by atoms with van der Waals surface area (Å²) in [7, 11) is 0. The first-order valence-corrected chi connectivity index (χ1v) is 9.90. The zero-order valence-electron chi connectivity index (χ0n) is 15.5. The topological polar surface area (TPSA) is 29.5 Å². The lowest BCUT2D eigenvalue weighted by atomic mass is 9.92. The average molecular weight is 367 g/mol. The summed E-state index contributed by atoms with van der Waals surface area (Å²) in [6.07, 6.45) is 4.19. The van der Waals surface area contributed by atoms with E-state index < -0.39 is 0 Å². The molecule has 4 rings (SSSR count). The maximum Gasteiger partial charge on any atom is 0.230 e. The fourth-order valence-electron chi connectivity index (χ4n) is 3.94. The Bertz CT molecular complexity index is 750. The highest BCUT2D eigenvalue weighted by Gasteiger charge is 2.39. The fourth-order valence-corrected chi connectivity index (χ4v) is 3.94. The predicted molar refractivity (Wildman–Crippen MR) is 103 cm³/mol. The van der Waals surface area contributed by atoms with Crippen molar-refractivity contribution in [1.29, 1.82) is 0 Å². The smallest absolute Gasteiger partial charge is 0.230 e. The minimum absolute atomic E-state index is 0.0166. The zero-order chi connectivity index (χ0) is 18.6. The molecule has 1 aliphatic heterocycles. The van der Waals surface area contributed by atoms with Crippen molar-refractivity contribution in [2.45, 2.75) is 44.3 Å². The molecule has 0 bridgehead atoms. The lowest BCUT2D eigenvalue weighted by Crippen LogP contribution is -2.43. The van der Waals surface area contributed by atoms with Crippen LogP contribution in [0.25, 0.3) is 0 Å². The molecule has 1 aliphatic carbocycles. The number of rotatable bonds is 6. The Morgan fingerprint density at radius 2 is 1.67 bits per heavy atom.